The highest BCUT2D eigenvalue weighted by molar-refractivity contribution is 5.81. The molecule has 1 aromatic rings. The van der Waals surface area contributed by atoms with E-state index in [2.05, 4.69) is 19.2 Å². The highest BCUT2D eigenvalue weighted by Gasteiger charge is 2.24. The van der Waals surface area contributed by atoms with Crippen molar-refractivity contribution in [2.24, 2.45) is 11.7 Å². The molecule has 0 saturated carbocycles. The van der Waals surface area contributed by atoms with E-state index in [9.17, 15) is 4.79 Å². The Bertz CT molecular complexity index is 438. The zero-order chi connectivity index (χ0) is 15.3. The molecule has 0 bridgehead atoms. The second-order valence-corrected chi connectivity index (χ2v) is 6.10. The van der Waals surface area contributed by atoms with Gasteiger partial charge in [0.2, 0.25) is 5.91 Å². The lowest BCUT2D eigenvalue weighted by Gasteiger charge is -2.27. The van der Waals surface area contributed by atoms with E-state index < -0.39 is 6.04 Å². The van der Waals surface area contributed by atoms with Gasteiger partial charge in [-0.3, -0.25) is 4.79 Å². The summed E-state index contributed by atoms with van der Waals surface area (Å²) in [5, 5.41) is 2.94. The number of hydrogen-bond donors (Lipinski definition) is 2. The van der Waals surface area contributed by atoms with Gasteiger partial charge in [-0.25, -0.2) is 0 Å². The maximum Gasteiger partial charge on any atom is 0.237 e. The number of amides is 1. The predicted molar refractivity (Wildman–Crippen MR) is 81.8 cm³/mol. The summed E-state index contributed by atoms with van der Waals surface area (Å²) in [6, 6.07) is 7.44. The first-order valence-corrected chi connectivity index (χ1v) is 6.96. The number of rotatable bonds is 6. The summed E-state index contributed by atoms with van der Waals surface area (Å²) >= 11 is 0. The van der Waals surface area contributed by atoms with E-state index in [0.29, 0.717) is 6.54 Å². The minimum atomic E-state index is -0.457. The van der Waals surface area contributed by atoms with Crippen molar-refractivity contribution >= 4 is 5.91 Å². The molecule has 0 aliphatic carbocycles. The predicted octanol–water partition coefficient (Wildman–Crippen LogP) is 2.07. The SMILES string of the molecule is COc1ccc(C(C)(C)CNC(=O)[C@@H](N)C(C)C)cc1. The van der Waals surface area contributed by atoms with Gasteiger partial charge in [-0.15, -0.1) is 0 Å². The molecule has 0 radical (unpaired) electrons. The molecular formula is C16H26N2O2. The molecule has 1 aromatic carbocycles. The van der Waals surface area contributed by atoms with E-state index in [0.717, 1.165) is 11.3 Å². The molecule has 1 rings (SSSR count). The van der Waals surface area contributed by atoms with E-state index in [1.165, 1.54) is 0 Å². The van der Waals surface area contributed by atoms with Crippen LogP contribution in [0.3, 0.4) is 0 Å². The summed E-state index contributed by atoms with van der Waals surface area (Å²) in [6.45, 7) is 8.63. The topological polar surface area (TPSA) is 64.3 Å². The summed E-state index contributed by atoms with van der Waals surface area (Å²) in [5.41, 5.74) is 6.83. The van der Waals surface area contributed by atoms with Crippen LogP contribution in [0.5, 0.6) is 5.75 Å². The van der Waals surface area contributed by atoms with Crippen LogP contribution < -0.4 is 15.8 Å². The molecule has 1 amide bonds. The highest BCUT2D eigenvalue weighted by atomic mass is 16.5. The van der Waals surface area contributed by atoms with E-state index in [1.54, 1.807) is 7.11 Å². The Morgan fingerprint density at radius 2 is 1.85 bits per heavy atom. The Hall–Kier alpha value is -1.55. The molecule has 20 heavy (non-hydrogen) atoms. The third kappa shape index (κ3) is 4.23. The number of carbonyl (C=O) groups is 1. The fourth-order valence-corrected chi connectivity index (χ4v) is 1.87. The lowest BCUT2D eigenvalue weighted by molar-refractivity contribution is -0.123. The normalized spacial score (nSPS) is 13.2. The van der Waals surface area contributed by atoms with Crippen molar-refractivity contribution in [3.63, 3.8) is 0 Å². The third-order valence-electron chi connectivity index (χ3n) is 3.60. The smallest absolute Gasteiger partial charge is 0.237 e. The highest BCUT2D eigenvalue weighted by Crippen LogP contribution is 2.24. The van der Waals surface area contributed by atoms with Gasteiger partial charge in [0, 0.05) is 12.0 Å². The lowest BCUT2D eigenvalue weighted by Crippen LogP contribution is -2.47. The molecule has 0 aliphatic rings. The Morgan fingerprint density at radius 1 is 1.30 bits per heavy atom. The van der Waals surface area contributed by atoms with Crippen LogP contribution in [0, 0.1) is 5.92 Å². The largest absolute Gasteiger partial charge is 0.497 e. The fraction of sp³-hybridized carbons (Fsp3) is 0.562. The molecule has 1 atom stereocenters. The number of methoxy groups -OCH3 is 1. The molecule has 0 unspecified atom stereocenters. The first kappa shape index (κ1) is 16.5. The zero-order valence-electron chi connectivity index (χ0n) is 13.1. The van der Waals surface area contributed by atoms with Crippen LogP contribution >= 0.6 is 0 Å². The van der Waals surface area contributed by atoms with Gasteiger partial charge in [0.15, 0.2) is 0 Å². The number of nitrogens with one attached hydrogen (secondary N) is 1. The Kier molecular flexibility index (Phi) is 5.57. The maximum absolute atomic E-state index is 11.9. The van der Waals surface area contributed by atoms with E-state index >= 15 is 0 Å². The van der Waals surface area contributed by atoms with Crippen LogP contribution in [0.25, 0.3) is 0 Å². The van der Waals surface area contributed by atoms with Crippen LogP contribution in [0.4, 0.5) is 0 Å². The number of carbonyl (C=O) groups excluding carboxylic acids is 1. The minimum absolute atomic E-state index is 0.0958. The summed E-state index contributed by atoms with van der Waals surface area (Å²) in [4.78, 5) is 11.9. The van der Waals surface area contributed by atoms with Gasteiger partial charge in [0.05, 0.1) is 13.2 Å². The molecule has 0 saturated heterocycles. The second kappa shape index (κ2) is 6.75. The minimum Gasteiger partial charge on any atom is -0.497 e. The fourth-order valence-electron chi connectivity index (χ4n) is 1.87. The number of hydrogen-bond acceptors (Lipinski definition) is 3. The molecule has 4 heteroatoms. The van der Waals surface area contributed by atoms with Crippen molar-refractivity contribution in [2.75, 3.05) is 13.7 Å². The average Bonchev–Trinajstić information content (AvgIpc) is 2.44. The Morgan fingerprint density at radius 3 is 2.30 bits per heavy atom. The van der Waals surface area contributed by atoms with Gasteiger partial charge in [-0.05, 0) is 23.6 Å². The van der Waals surface area contributed by atoms with Gasteiger partial charge in [0.25, 0.3) is 0 Å². The zero-order valence-corrected chi connectivity index (χ0v) is 13.1. The molecule has 0 spiro atoms. The van der Waals surface area contributed by atoms with Crippen LogP contribution in [0.2, 0.25) is 0 Å². The average molecular weight is 278 g/mol. The molecule has 0 aromatic heterocycles. The lowest BCUT2D eigenvalue weighted by atomic mass is 9.84. The van der Waals surface area contributed by atoms with E-state index in [4.69, 9.17) is 10.5 Å². The van der Waals surface area contributed by atoms with Crippen molar-refractivity contribution in [2.45, 2.75) is 39.2 Å². The monoisotopic (exact) mass is 278 g/mol. The van der Waals surface area contributed by atoms with Crippen molar-refractivity contribution in [3.8, 4) is 5.75 Å². The quantitative estimate of drug-likeness (QED) is 0.837. The van der Waals surface area contributed by atoms with Crippen molar-refractivity contribution in [3.05, 3.63) is 29.8 Å². The van der Waals surface area contributed by atoms with Crippen LogP contribution in [-0.4, -0.2) is 25.6 Å². The third-order valence-corrected chi connectivity index (χ3v) is 3.60. The van der Waals surface area contributed by atoms with E-state index in [1.807, 2.05) is 38.1 Å². The van der Waals surface area contributed by atoms with E-state index in [-0.39, 0.29) is 17.2 Å². The van der Waals surface area contributed by atoms with Crippen molar-refractivity contribution in [1.29, 1.82) is 0 Å². The molecule has 3 N–H and O–H groups in total. The Balaban J connectivity index is 2.67. The molecule has 0 aliphatic heterocycles. The van der Waals surface area contributed by atoms with Crippen molar-refractivity contribution < 1.29 is 9.53 Å². The number of nitrogens with two attached hydrogens (primary N) is 1. The Labute approximate surface area is 121 Å². The number of benzene rings is 1. The van der Waals surface area contributed by atoms with Gasteiger partial charge < -0.3 is 15.8 Å². The molecule has 0 fully saturated rings. The van der Waals surface area contributed by atoms with Gasteiger partial charge in [0.1, 0.15) is 5.75 Å². The molecule has 4 nitrogen and oxygen atoms in total. The standard InChI is InChI=1S/C16H26N2O2/c1-11(2)14(17)15(19)18-10-16(3,4)12-6-8-13(20-5)9-7-12/h6-9,11,14H,10,17H2,1-5H3,(H,18,19)/t14-/m0/s1. The summed E-state index contributed by atoms with van der Waals surface area (Å²) in [7, 11) is 1.65. The molecular weight excluding hydrogens is 252 g/mol. The van der Waals surface area contributed by atoms with Crippen LogP contribution in [0.15, 0.2) is 24.3 Å². The molecule has 112 valence electrons. The van der Waals surface area contributed by atoms with Crippen molar-refractivity contribution in [1.82, 2.24) is 5.32 Å². The van der Waals surface area contributed by atoms with Gasteiger partial charge in [-0.2, -0.15) is 0 Å². The summed E-state index contributed by atoms with van der Waals surface area (Å²) in [5.74, 6) is 0.871. The first-order chi connectivity index (χ1) is 9.27. The van der Waals surface area contributed by atoms with Crippen LogP contribution in [0.1, 0.15) is 33.3 Å². The van der Waals surface area contributed by atoms with Gasteiger partial charge in [-0.1, -0.05) is 39.8 Å². The van der Waals surface area contributed by atoms with Crippen LogP contribution in [-0.2, 0) is 10.2 Å². The summed E-state index contributed by atoms with van der Waals surface area (Å²) < 4.78 is 5.15. The number of ether oxygens (including phenoxy) is 1. The maximum atomic E-state index is 11.9. The summed E-state index contributed by atoms with van der Waals surface area (Å²) in [6.07, 6.45) is 0. The van der Waals surface area contributed by atoms with Gasteiger partial charge >= 0.3 is 0 Å². The second-order valence-electron chi connectivity index (χ2n) is 6.10. The molecule has 0 heterocycles. The first-order valence-electron chi connectivity index (χ1n) is 6.96.